The number of anilines is 1. The van der Waals surface area contributed by atoms with Crippen molar-refractivity contribution in [1.82, 2.24) is 4.98 Å². The molecule has 150 valence electrons. The number of aromatic amines is 1. The third-order valence-electron chi connectivity index (χ3n) is 5.52. The van der Waals surface area contributed by atoms with E-state index in [1.54, 1.807) is 30.3 Å². The largest absolute Gasteiger partial charge is 0.453 e. The standard InChI is InChI=1S/C24H20N2O4/c1-13-6-4-9-17-21(13)26-22-18(30-17)12-16(25-10-5-11-27)19-20(22)24(29)15-8-3-2-7-14(15)23(19)28/h2-4,6-9,12,25-27H,5,10-11H2,1H3. The maximum absolute atomic E-state index is 13.5. The first-order valence-corrected chi connectivity index (χ1v) is 9.88. The van der Waals surface area contributed by atoms with Crippen LogP contribution in [0.1, 0.15) is 12.0 Å². The Morgan fingerprint density at radius 3 is 2.40 bits per heavy atom. The van der Waals surface area contributed by atoms with Crippen molar-refractivity contribution in [2.24, 2.45) is 0 Å². The van der Waals surface area contributed by atoms with Gasteiger partial charge in [0.1, 0.15) is 0 Å². The average Bonchev–Trinajstić information content (AvgIpc) is 2.76. The monoisotopic (exact) mass is 400 g/mol. The van der Waals surface area contributed by atoms with Gasteiger partial charge in [-0.1, -0.05) is 36.4 Å². The van der Waals surface area contributed by atoms with E-state index in [1.807, 2.05) is 25.1 Å². The van der Waals surface area contributed by atoms with E-state index in [2.05, 4.69) is 10.3 Å². The van der Waals surface area contributed by atoms with Gasteiger partial charge in [-0.2, -0.15) is 0 Å². The summed E-state index contributed by atoms with van der Waals surface area (Å²) in [5.41, 5.74) is 3.54. The highest BCUT2D eigenvalue weighted by atomic mass is 16.3. The van der Waals surface area contributed by atoms with Gasteiger partial charge in [0.2, 0.25) is 0 Å². The van der Waals surface area contributed by atoms with Gasteiger partial charge >= 0.3 is 0 Å². The lowest BCUT2D eigenvalue weighted by Gasteiger charge is -2.13. The first-order valence-electron chi connectivity index (χ1n) is 9.88. The summed E-state index contributed by atoms with van der Waals surface area (Å²) in [6.07, 6.45) is 0.520. The number of aryl methyl sites for hydroxylation is 1. The highest BCUT2D eigenvalue weighted by Gasteiger charge is 2.19. The predicted octanol–water partition coefficient (Wildman–Crippen LogP) is 4.04. The maximum Gasteiger partial charge on any atom is 0.196 e. The van der Waals surface area contributed by atoms with Crippen LogP contribution in [0.4, 0.5) is 5.69 Å². The molecular weight excluding hydrogens is 380 g/mol. The van der Waals surface area contributed by atoms with Gasteiger partial charge in [-0.25, -0.2) is 0 Å². The summed E-state index contributed by atoms with van der Waals surface area (Å²) in [5.74, 6) is 0. The lowest BCUT2D eigenvalue weighted by atomic mass is 9.99. The summed E-state index contributed by atoms with van der Waals surface area (Å²) in [6, 6.07) is 14.4. The molecule has 0 unspecified atom stereocenters. The SMILES string of the molecule is Cc1cccc2oc3cc(NCCCO)c4c(=O)c5ccccc5c(=O)c4c3[nH]c12. The molecule has 0 aliphatic rings. The summed E-state index contributed by atoms with van der Waals surface area (Å²) in [5, 5.41) is 13.8. The topological polar surface area (TPSA) is 95.3 Å². The van der Waals surface area contributed by atoms with Gasteiger partial charge < -0.3 is 19.8 Å². The number of hydrogen-bond donors (Lipinski definition) is 3. The number of para-hydroxylation sites is 1. The van der Waals surface area contributed by atoms with Crippen molar-refractivity contribution in [2.45, 2.75) is 13.3 Å². The van der Waals surface area contributed by atoms with Gasteiger partial charge in [-0.15, -0.1) is 0 Å². The van der Waals surface area contributed by atoms with Gasteiger partial charge in [0.05, 0.1) is 21.8 Å². The van der Waals surface area contributed by atoms with E-state index in [1.165, 1.54) is 0 Å². The Bertz CT molecular complexity index is 1560. The Kier molecular flexibility index (Phi) is 4.29. The number of hydrogen-bond acceptors (Lipinski definition) is 5. The zero-order chi connectivity index (χ0) is 20.8. The predicted molar refractivity (Wildman–Crippen MR) is 121 cm³/mol. The molecule has 0 bridgehead atoms. The summed E-state index contributed by atoms with van der Waals surface area (Å²) in [4.78, 5) is 30.2. The van der Waals surface area contributed by atoms with Crippen LogP contribution in [0.15, 0.2) is 62.5 Å². The fraction of sp³-hybridized carbons (Fsp3) is 0.167. The van der Waals surface area contributed by atoms with Crippen LogP contribution in [0.25, 0.3) is 43.7 Å². The van der Waals surface area contributed by atoms with Crippen molar-refractivity contribution in [2.75, 3.05) is 18.5 Å². The molecule has 0 radical (unpaired) electrons. The Morgan fingerprint density at radius 2 is 1.67 bits per heavy atom. The molecule has 0 spiro atoms. The number of fused-ring (bicyclic) bond motifs is 5. The number of rotatable bonds is 4. The van der Waals surface area contributed by atoms with Crippen molar-refractivity contribution in [1.29, 1.82) is 0 Å². The molecule has 4 aromatic carbocycles. The molecule has 0 amide bonds. The molecule has 0 aliphatic carbocycles. The molecule has 1 heterocycles. The van der Waals surface area contributed by atoms with Crippen molar-refractivity contribution in [3.05, 3.63) is 74.5 Å². The second-order valence-corrected chi connectivity index (χ2v) is 7.43. The maximum atomic E-state index is 13.5. The van der Waals surface area contributed by atoms with Crippen molar-refractivity contribution < 1.29 is 9.52 Å². The minimum atomic E-state index is -0.213. The minimum Gasteiger partial charge on any atom is -0.453 e. The van der Waals surface area contributed by atoms with E-state index < -0.39 is 0 Å². The van der Waals surface area contributed by atoms with Crippen molar-refractivity contribution >= 4 is 49.4 Å². The quantitative estimate of drug-likeness (QED) is 0.240. The van der Waals surface area contributed by atoms with Crippen molar-refractivity contribution in [3.63, 3.8) is 0 Å². The number of H-pyrrole nitrogens is 1. The van der Waals surface area contributed by atoms with Gasteiger partial charge in [-0.05, 0) is 25.0 Å². The van der Waals surface area contributed by atoms with Crippen LogP contribution in [-0.4, -0.2) is 23.2 Å². The van der Waals surface area contributed by atoms with Crippen LogP contribution in [-0.2, 0) is 0 Å². The summed E-state index contributed by atoms with van der Waals surface area (Å²) < 4.78 is 6.13. The molecule has 0 saturated carbocycles. The lowest BCUT2D eigenvalue weighted by molar-refractivity contribution is 0.292. The van der Waals surface area contributed by atoms with E-state index in [0.29, 0.717) is 56.9 Å². The zero-order valence-electron chi connectivity index (χ0n) is 16.4. The third-order valence-corrected chi connectivity index (χ3v) is 5.52. The molecule has 3 N–H and O–H groups in total. The molecule has 30 heavy (non-hydrogen) atoms. The minimum absolute atomic E-state index is 0.0283. The first kappa shape index (κ1) is 18.4. The van der Waals surface area contributed by atoms with Crippen LogP contribution in [0.5, 0.6) is 0 Å². The average molecular weight is 400 g/mol. The van der Waals surface area contributed by atoms with Crippen LogP contribution in [0.2, 0.25) is 0 Å². The second-order valence-electron chi connectivity index (χ2n) is 7.43. The van der Waals surface area contributed by atoms with Crippen LogP contribution in [0, 0.1) is 6.92 Å². The van der Waals surface area contributed by atoms with Crippen LogP contribution < -0.4 is 16.2 Å². The van der Waals surface area contributed by atoms with E-state index in [0.717, 1.165) is 11.1 Å². The normalized spacial score (nSPS) is 11.7. The first-order chi connectivity index (χ1) is 14.6. The zero-order valence-corrected chi connectivity index (χ0v) is 16.4. The van der Waals surface area contributed by atoms with Crippen molar-refractivity contribution in [3.8, 4) is 0 Å². The molecule has 5 aromatic rings. The fourth-order valence-electron chi connectivity index (χ4n) is 4.05. The molecule has 0 saturated heterocycles. The molecule has 6 nitrogen and oxygen atoms in total. The van der Waals surface area contributed by atoms with Gasteiger partial charge in [0.25, 0.3) is 0 Å². The number of aromatic nitrogens is 1. The van der Waals surface area contributed by atoms with Crippen LogP contribution >= 0.6 is 0 Å². The Labute approximate surface area is 170 Å². The van der Waals surface area contributed by atoms with Gasteiger partial charge in [0.15, 0.2) is 22.0 Å². The second kappa shape index (κ2) is 7.00. The molecule has 0 aliphatic heterocycles. The summed E-state index contributed by atoms with van der Waals surface area (Å²) in [6.45, 7) is 2.45. The molecule has 1 aromatic heterocycles. The molecule has 0 atom stereocenters. The van der Waals surface area contributed by atoms with E-state index in [-0.39, 0.29) is 17.5 Å². The smallest absolute Gasteiger partial charge is 0.196 e. The van der Waals surface area contributed by atoms with E-state index >= 15 is 0 Å². The molecular formula is C24H20N2O4. The Balaban J connectivity index is 2.01. The van der Waals surface area contributed by atoms with Gasteiger partial charge in [0, 0.05) is 35.7 Å². The molecule has 5 rings (SSSR count). The molecule has 6 heteroatoms. The summed E-state index contributed by atoms with van der Waals surface area (Å²) >= 11 is 0. The highest BCUT2D eigenvalue weighted by molar-refractivity contribution is 6.14. The van der Waals surface area contributed by atoms with Gasteiger partial charge in [-0.3, -0.25) is 9.59 Å². The number of aliphatic hydroxyl groups is 1. The number of nitrogens with one attached hydrogen (secondary N) is 2. The van der Waals surface area contributed by atoms with E-state index in [4.69, 9.17) is 9.52 Å². The van der Waals surface area contributed by atoms with E-state index in [9.17, 15) is 9.59 Å². The number of aliphatic hydroxyl groups excluding tert-OH is 1. The van der Waals surface area contributed by atoms with Crippen LogP contribution in [0.3, 0.4) is 0 Å². The third kappa shape index (κ3) is 2.69. The fourth-order valence-corrected chi connectivity index (χ4v) is 4.05. The lowest BCUT2D eigenvalue weighted by Crippen LogP contribution is -2.16. The highest BCUT2D eigenvalue weighted by Crippen LogP contribution is 2.31. The summed E-state index contributed by atoms with van der Waals surface area (Å²) in [7, 11) is 0. The Hall–Kier alpha value is -3.64. The molecule has 0 fully saturated rings. The Morgan fingerprint density at radius 1 is 0.933 bits per heavy atom. The number of benzene rings is 4.